The van der Waals surface area contributed by atoms with Gasteiger partial charge in [0.2, 0.25) is 3.79 Å². The van der Waals surface area contributed by atoms with E-state index in [4.69, 9.17) is 39.5 Å². The van der Waals surface area contributed by atoms with Crippen molar-refractivity contribution in [2.45, 2.75) is 36.2 Å². The van der Waals surface area contributed by atoms with Crippen LogP contribution in [-0.4, -0.2) is 53.1 Å². The number of rotatable bonds is 3. The molecule has 6 nitrogen and oxygen atoms in total. The molecule has 0 rings (SSSR count). The number of hydrogen-bond donors (Lipinski definition) is 2. The van der Waals surface area contributed by atoms with Crippen LogP contribution in [0, 0.1) is 0 Å². The highest BCUT2D eigenvalue weighted by Gasteiger charge is 2.40. The normalized spacial score (nSPS) is 13.4. The molecule has 0 saturated heterocycles. The van der Waals surface area contributed by atoms with Gasteiger partial charge in [-0.25, -0.2) is 9.59 Å². The largest absolute Gasteiger partial charge is 0.440 e. The van der Waals surface area contributed by atoms with Crippen LogP contribution in [0.5, 0.6) is 0 Å². The van der Waals surface area contributed by atoms with Gasteiger partial charge in [-0.2, -0.15) is 0 Å². The van der Waals surface area contributed by atoms with Gasteiger partial charge in [-0.05, 0) is 20.8 Å². The molecule has 1 atom stereocenters. The first-order valence-corrected chi connectivity index (χ1v) is 7.01. The maximum absolute atomic E-state index is 11.9. The van der Waals surface area contributed by atoms with Crippen molar-refractivity contribution in [2.75, 3.05) is 20.6 Å². The topological polar surface area (TPSA) is 70.7 Å². The molecule has 0 aliphatic heterocycles. The Morgan fingerprint density at radius 1 is 1.15 bits per heavy atom. The van der Waals surface area contributed by atoms with Crippen LogP contribution >= 0.6 is 34.8 Å². The van der Waals surface area contributed by atoms with Crippen LogP contribution < -0.4 is 10.6 Å². The Morgan fingerprint density at radius 2 is 1.65 bits per heavy atom. The minimum Gasteiger partial charge on any atom is -0.440 e. The molecule has 0 spiro atoms. The van der Waals surface area contributed by atoms with Crippen LogP contribution in [0.15, 0.2) is 0 Å². The van der Waals surface area contributed by atoms with Crippen LogP contribution in [0.25, 0.3) is 0 Å². The number of hydrogen-bond acceptors (Lipinski definition) is 3. The monoisotopic (exact) mass is 347 g/mol. The van der Waals surface area contributed by atoms with Gasteiger partial charge in [0.15, 0.2) is 6.10 Å². The fourth-order valence-corrected chi connectivity index (χ4v) is 1.70. The Morgan fingerprint density at radius 3 is 1.95 bits per heavy atom. The van der Waals surface area contributed by atoms with E-state index >= 15 is 0 Å². The molecule has 0 aromatic rings. The van der Waals surface area contributed by atoms with Gasteiger partial charge in [0, 0.05) is 19.6 Å². The zero-order chi connectivity index (χ0) is 16.1. The molecule has 0 aromatic carbocycles. The summed E-state index contributed by atoms with van der Waals surface area (Å²) in [6.45, 7) is 5.39. The molecule has 2 N–H and O–H groups in total. The van der Waals surface area contributed by atoms with Gasteiger partial charge < -0.3 is 20.3 Å². The van der Waals surface area contributed by atoms with E-state index in [1.807, 2.05) is 20.8 Å². The van der Waals surface area contributed by atoms with E-state index in [2.05, 4.69) is 10.6 Å². The standard InChI is InChI=1S/C11H20Cl3N3O3/c1-10(2,3)17(8(18)15-4)6-7(11(12,13)14)20-9(19)16-5/h7H,6H2,1-5H3,(H,15,18)(H,16,19). The lowest BCUT2D eigenvalue weighted by molar-refractivity contribution is 0.0576. The van der Waals surface area contributed by atoms with Crippen LogP contribution in [-0.2, 0) is 4.74 Å². The number of carbonyl (C=O) groups is 2. The van der Waals surface area contributed by atoms with Gasteiger partial charge >= 0.3 is 12.1 Å². The van der Waals surface area contributed by atoms with E-state index in [-0.39, 0.29) is 12.6 Å². The quantitative estimate of drug-likeness (QED) is 0.770. The zero-order valence-corrected chi connectivity index (χ0v) is 14.4. The summed E-state index contributed by atoms with van der Waals surface area (Å²) >= 11 is 17.4. The maximum atomic E-state index is 11.9. The summed E-state index contributed by atoms with van der Waals surface area (Å²) in [4.78, 5) is 24.6. The molecule has 0 aliphatic rings. The number of urea groups is 1. The Balaban J connectivity index is 5.19. The van der Waals surface area contributed by atoms with Crippen LogP contribution in [0.3, 0.4) is 0 Å². The second kappa shape index (κ2) is 7.43. The predicted octanol–water partition coefficient (Wildman–Crippen LogP) is 2.52. The molecule has 0 radical (unpaired) electrons. The Hall–Kier alpha value is -0.590. The maximum Gasteiger partial charge on any atom is 0.407 e. The highest BCUT2D eigenvalue weighted by atomic mass is 35.6. The SMILES string of the molecule is CNC(=O)OC(CN(C(=O)NC)C(C)(C)C)C(Cl)(Cl)Cl. The number of nitrogens with zero attached hydrogens (tertiary/aromatic N) is 1. The van der Waals surface area contributed by atoms with E-state index in [0.29, 0.717) is 0 Å². The van der Waals surface area contributed by atoms with Crippen molar-refractivity contribution >= 4 is 46.9 Å². The summed E-state index contributed by atoms with van der Waals surface area (Å²) in [5, 5.41) is 4.76. The Labute approximate surface area is 134 Å². The first-order valence-electron chi connectivity index (χ1n) is 5.88. The van der Waals surface area contributed by atoms with Gasteiger partial charge in [0.1, 0.15) is 0 Å². The van der Waals surface area contributed by atoms with Gasteiger partial charge in [-0.3, -0.25) is 0 Å². The van der Waals surface area contributed by atoms with Crippen molar-refractivity contribution in [1.82, 2.24) is 15.5 Å². The third kappa shape index (κ3) is 6.24. The third-order valence-electron chi connectivity index (χ3n) is 2.44. The molecule has 0 saturated carbocycles. The van der Waals surface area contributed by atoms with Crippen molar-refractivity contribution in [3.63, 3.8) is 0 Å². The number of carbonyl (C=O) groups excluding carboxylic acids is 2. The minimum absolute atomic E-state index is 0.0624. The van der Waals surface area contributed by atoms with E-state index in [1.165, 1.54) is 19.0 Å². The Kier molecular flexibility index (Phi) is 7.21. The summed E-state index contributed by atoms with van der Waals surface area (Å²) in [6.07, 6.45) is -1.85. The first-order chi connectivity index (χ1) is 8.93. The van der Waals surface area contributed by atoms with Crippen molar-refractivity contribution in [3.05, 3.63) is 0 Å². The number of halogens is 3. The second-order valence-corrected chi connectivity index (χ2v) is 7.39. The second-order valence-electron chi connectivity index (χ2n) is 5.02. The van der Waals surface area contributed by atoms with E-state index in [0.717, 1.165) is 0 Å². The summed E-state index contributed by atoms with van der Waals surface area (Å²) in [7, 11) is 2.88. The van der Waals surface area contributed by atoms with Crippen LogP contribution in [0.2, 0.25) is 0 Å². The molecule has 20 heavy (non-hydrogen) atoms. The van der Waals surface area contributed by atoms with Gasteiger partial charge in [0.25, 0.3) is 0 Å². The van der Waals surface area contributed by atoms with E-state index < -0.39 is 21.5 Å². The zero-order valence-electron chi connectivity index (χ0n) is 12.1. The lowest BCUT2D eigenvalue weighted by Crippen LogP contribution is -2.55. The minimum atomic E-state index is -1.86. The molecule has 3 amide bonds. The molecule has 118 valence electrons. The molecule has 0 fully saturated rings. The summed E-state index contributed by atoms with van der Waals surface area (Å²) < 4.78 is 3.16. The van der Waals surface area contributed by atoms with E-state index in [9.17, 15) is 9.59 Å². The smallest absolute Gasteiger partial charge is 0.407 e. The lowest BCUT2D eigenvalue weighted by atomic mass is 10.1. The number of amides is 3. The summed E-state index contributed by atoms with van der Waals surface area (Å²) in [6, 6.07) is -0.364. The highest BCUT2D eigenvalue weighted by Crippen LogP contribution is 2.34. The fourth-order valence-electron chi connectivity index (χ4n) is 1.36. The molecule has 9 heteroatoms. The molecular weight excluding hydrogens is 328 g/mol. The molecule has 1 unspecified atom stereocenters. The van der Waals surface area contributed by atoms with Crippen molar-refractivity contribution in [3.8, 4) is 0 Å². The van der Waals surface area contributed by atoms with E-state index in [1.54, 1.807) is 0 Å². The number of nitrogens with one attached hydrogen (secondary N) is 2. The van der Waals surface area contributed by atoms with Crippen molar-refractivity contribution in [2.24, 2.45) is 0 Å². The summed E-state index contributed by atoms with van der Waals surface area (Å²) in [5.41, 5.74) is -0.541. The number of ether oxygens (including phenoxy) is 1. The lowest BCUT2D eigenvalue weighted by Gasteiger charge is -2.38. The fraction of sp³-hybridized carbons (Fsp3) is 0.818. The average Bonchev–Trinajstić information content (AvgIpc) is 2.29. The van der Waals surface area contributed by atoms with Gasteiger partial charge in [0.05, 0.1) is 6.54 Å². The van der Waals surface area contributed by atoms with Gasteiger partial charge in [-0.1, -0.05) is 34.8 Å². The first kappa shape index (κ1) is 19.4. The number of alkyl halides is 3. The van der Waals surface area contributed by atoms with Gasteiger partial charge in [-0.15, -0.1) is 0 Å². The molecule has 0 bridgehead atoms. The molecule has 0 aliphatic carbocycles. The van der Waals surface area contributed by atoms with Crippen molar-refractivity contribution in [1.29, 1.82) is 0 Å². The van der Waals surface area contributed by atoms with Crippen LogP contribution in [0.1, 0.15) is 20.8 Å². The molecule has 0 aromatic heterocycles. The number of alkyl carbamates (subject to hydrolysis) is 1. The van der Waals surface area contributed by atoms with Crippen LogP contribution in [0.4, 0.5) is 9.59 Å². The Bertz CT molecular complexity index is 353. The molecule has 0 heterocycles. The average molecular weight is 349 g/mol. The van der Waals surface area contributed by atoms with Crippen molar-refractivity contribution < 1.29 is 14.3 Å². The predicted molar refractivity (Wildman–Crippen MR) is 80.5 cm³/mol. The third-order valence-corrected chi connectivity index (χ3v) is 3.17. The highest BCUT2D eigenvalue weighted by molar-refractivity contribution is 6.68. The summed E-state index contributed by atoms with van der Waals surface area (Å²) in [5.74, 6) is 0. The molecular formula is C11H20Cl3N3O3.